The second kappa shape index (κ2) is 7.60. The van der Waals surface area contributed by atoms with Crippen LogP contribution in [0, 0.1) is 25.2 Å². The lowest BCUT2D eigenvalue weighted by atomic mass is 10.0. The van der Waals surface area contributed by atoms with Gasteiger partial charge in [-0.05, 0) is 49.2 Å². The number of nitrogens with zero attached hydrogens (tertiary/aromatic N) is 3. The van der Waals surface area contributed by atoms with Gasteiger partial charge in [-0.25, -0.2) is 9.74 Å². The van der Waals surface area contributed by atoms with E-state index in [1.54, 1.807) is 24.3 Å². The van der Waals surface area contributed by atoms with E-state index >= 15 is 0 Å². The van der Waals surface area contributed by atoms with Crippen molar-refractivity contribution in [3.05, 3.63) is 75.6 Å². The minimum atomic E-state index is -1.02. The average Bonchev–Trinajstić information content (AvgIpc) is 2.95. The van der Waals surface area contributed by atoms with E-state index < -0.39 is 5.97 Å². The molecule has 0 aliphatic carbocycles. The van der Waals surface area contributed by atoms with E-state index in [-0.39, 0.29) is 5.56 Å². The summed E-state index contributed by atoms with van der Waals surface area (Å²) in [6.07, 6.45) is 0. The Kier molecular flexibility index (Phi) is 5.24. The van der Waals surface area contributed by atoms with Gasteiger partial charge in [0, 0.05) is 15.8 Å². The number of hydrogen-bond acceptors (Lipinski definition) is 4. The first-order valence-corrected chi connectivity index (χ1v) is 8.48. The molecule has 0 spiro atoms. The van der Waals surface area contributed by atoms with Crippen LogP contribution in [-0.4, -0.2) is 15.7 Å². The number of benzene rings is 2. The Hall–Kier alpha value is -3.17. The van der Waals surface area contributed by atoms with Crippen LogP contribution < -0.4 is 0 Å². The summed E-state index contributed by atoms with van der Waals surface area (Å²) in [4.78, 5) is 14.4. The van der Waals surface area contributed by atoms with Crippen molar-refractivity contribution in [2.24, 2.45) is 0 Å². The van der Waals surface area contributed by atoms with Crippen LogP contribution in [-0.2, 0) is 11.5 Å². The van der Waals surface area contributed by atoms with Crippen LogP contribution in [0.25, 0.3) is 11.1 Å². The van der Waals surface area contributed by atoms with Crippen molar-refractivity contribution in [3.63, 3.8) is 0 Å². The molecule has 0 saturated carbocycles. The van der Waals surface area contributed by atoms with Crippen LogP contribution in [0.4, 0.5) is 4.53 Å². The highest BCUT2D eigenvalue weighted by Crippen LogP contribution is 2.30. The van der Waals surface area contributed by atoms with Crippen molar-refractivity contribution >= 4 is 17.6 Å². The molecule has 2 aromatic carbocycles. The van der Waals surface area contributed by atoms with Gasteiger partial charge in [0.25, 0.3) is 0 Å². The maximum Gasteiger partial charge on any atom is 0.379 e. The molecular weight excluding hydrogens is 369 g/mol. The smallest absolute Gasteiger partial charge is 0.265 e. The molecule has 0 fully saturated rings. The fourth-order valence-electron chi connectivity index (χ4n) is 2.99. The zero-order chi connectivity index (χ0) is 19.6. The number of carbonyl (C=O) groups is 1. The third kappa shape index (κ3) is 3.69. The molecule has 0 unspecified atom stereocenters. The first-order chi connectivity index (χ1) is 12.9. The van der Waals surface area contributed by atoms with E-state index in [4.69, 9.17) is 16.9 Å². The van der Waals surface area contributed by atoms with Gasteiger partial charge in [-0.15, -0.1) is 0 Å². The van der Waals surface area contributed by atoms with Gasteiger partial charge in [-0.2, -0.15) is 10.4 Å². The summed E-state index contributed by atoms with van der Waals surface area (Å²) < 4.78 is 13.8. The molecule has 0 aliphatic rings. The molecule has 136 valence electrons. The number of rotatable bonds is 4. The maximum atomic E-state index is 12.0. The van der Waals surface area contributed by atoms with Gasteiger partial charge in [0.1, 0.15) is 6.07 Å². The third-order valence-electron chi connectivity index (χ3n) is 4.35. The Morgan fingerprint density at radius 2 is 1.96 bits per heavy atom. The number of carbonyl (C=O) groups excluding carboxylic acids is 1. The van der Waals surface area contributed by atoms with Crippen molar-refractivity contribution in [2.45, 2.75) is 20.4 Å². The van der Waals surface area contributed by atoms with Crippen LogP contribution in [0.1, 0.15) is 32.9 Å². The maximum absolute atomic E-state index is 12.0. The summed E-state index contributed by atoms with van der Waals surface area (Å²) in [5.74, 6) is -1.02. The molecule has 0 radical (unpaired) electrons. The fourth-order valence-corrected chi connectivity index (χ4v) is 3.22. The topological polar surface area (TPSA) is 67.9 Å². The lowest BCUT2D eigenvalue weighted by Crippen LogP contribution is -2.05. The number of aryl methyl sites for hydroxylation is 1. The molecule has 0 saturated heterocycles. The Morgan fingerprint density at radius 1 is 1.26 bits per heavy atom. The zero-order valence-corrected chi connectivity index (χ0v) is 15.4. The lowest BCUT2D eigenvalue weighted by molar-refractivity contribution is -0.0788. The summed E-state index contributed by atoms with van der Waals surface area (Å²) in [6, 6.07) is 13.8. The normalized spacial score (nSPS) is 10.5. The molecule has 0 atom stereocenters. The second-order valence-corrected chi connectivity index (χ2v) is 6.48. The van der Waals surface area contributed by atoms with E-state index in [1.807, 2.05) is 30.7 Å². The molecule has 27 heavy (non-hydrogen) atoms. The van der Waals surface area contributed by atoms with E-state index in [9.17, 15) is 9.32 Å². The minimum Gasteiger partial charge on any atom is -0.265 e. The lowest BCUT2D eigenvalue weighted by Gasteiger charge is -2.07. The standard InChI is InChI=1S/C20H15ClFN3O2/c1-12-19(16-7-8-17(10-23)18(21)9-16)13(2)25(24-12)11-14-3-5-15(6-4-14)20(26)27-22/h3-9H,11H2,1-2H3. The first kappa shape index (κ1) is 18.6. The Morgan fingerprint density at radius 3 is 2.56 bits per heavy atom. The predicted molar refractivity (Wildman–Crippen MR) is 98.9 cm³/mol. The van der Waals surface area contributed by atoms with Crippen molar-refractivity contribution in [2.75, 3.05) is 0 Å². The molecule has 0 aliphatic heterocycles. The van der Waals surface area contributed by atoms with Gasteiger partial charge >= 0.3 is 5.97 Å². The molecule has 0 bridgehead atoms. The van der Waals surface area contributed by atoms with Gasteiger partial charge in [-0.1, -0.05) is 29.8 Å². The van der Waals surface area contributed by atoms with E-state index in [1.165, 1.54) is 12.1 Å². The summed E-state index contributed by atoms with van der Waals surface area (Å²) >= 11 is 6.16. The van der Waals surface area contributed by atoms with Crippen molar-refractivity contribution < 1.29 is 14.3 Å². The highest BCUT2D eigenvalue weighted by molar-refractivity contribution is 6.32. The summed E-state index contributed by atoms with van der Waals surface area (Å²) in [5.41, 5.74) is 5.10. The number of nitriles is 1. The number of hydrogen-bond donors (Lipinski definition) is 0. The molecule has 3 rings (SSSR count). The molecule has 0 amide bonds. The zero-order valence-electron chi connectivity index (χ0n) is 14.7. The average molecular weight is 384 g/mol. The molecule has 1 heterocycles. The quantitative estimate of drug-likeness (QED) is 0.650. The van der Waals surface area contributed by atoms with Crippen molar-refractivity contribution in [1.82, 2.24) is 9.78 Å². The van der Waals surface area contributed by atoms with E-state index in [0.717, 1.165) is 28.1 Å². The van der Waals surface area contributed by atoms with E-state index in [2.05, 4.69) is 10.0 Å². The van der Waals surface area contributed by atoms with Gasteiger partial charge in [0.2, 0.25) is 0 Å². The first-order valence-electron chi connectivity index (χ1n) is 8.10. The van der Waals surface area contributed by atoms with Crippen LogP contribution in [0.15, 0.2) is 42.5 Å². The van der Waals surface area contributed by atoms with E-state index in [0.29, 0.717) is 17.1 Å². The van der Waals surface area contributed by atoms with Crippen LogP contribution in [0.2, 0.25) is 5.02 Å². The second-order valence-electron chi connectivity index (χ2n) is 6.07. The molecule has 3 aromatic rings. The van der Waals surface area contributed by atoms with Gasteiger partial charge in [-0.3, -0.25) is 4.68 Å². The molecule has 0 N–H and O–H groups in total. The van der Waals surface area contributed by atoms with Crippen LogP contribution in [0.3, 0.4) is 0 Å². The number of halogens is 2. The highest BCUT2D eigenvalue weighted by Gasteiger charge is 2.15. The Bertz CT molecular complexity index is 1050. The van der Waals surface area contributed by atoms with Gasteiger partial charge < -0.3 is 0 Å². The van der Waals surface area contributed by atoms with Gasteiger partial charge in [0.05, 0.1) is 28.4 Å². The van der Waals surface area contributed by atoms with Crippen LogP contribution >= 0.6 is 11.6 Å². The van der Waals surface area contributed by atoms with Crippen molar-refractivity contribution in [1.29, 1.82) is 5.26 Å². The molecule has 1 aromatic heterocycles. The monoisotopic (exact) mass is 383 g/mol. The Balaban J connectivity index is 1.91. The molecule has 5 nitrogen and oxygen atoms in total. The SMILES string of the molecule is Cc1nn(Cc2ccc(C(=O)OF)cc2)c(C)c1-c1ccc(C#N)c(Cl)c1. The summed E-state index contributed by atoms with van der Waals surface area (Å²) in [6.45, 7) is 4.35. The summed E-state index contributed by atoms with van der Waals surface area (Å²) in [5, 5.41) is 14.0. The Labute approximate surface area is 160 Å². The largest absolute Gasteiger partial charge is 0.379 e. The minimum absolute atomic E-state index is 0.141. The highest BCUT2D eigenvalue weighted by atomic mass is 35.5. The number of aromatic nitrogens is 2. The van der Waals surface area contributed by atoms with Crippen molar-refractivity contribution in [3.8, 4) is 17.2 Å². The molecule has 7 heteroatoms. The summed E-state index contributed by atoms with van der Waals surface area (Å²) in [7, 11) is 0. The van der Waals surface area contributed by atoms with Gasteiger partial charge in [0.15, 0.2) is 0 Å². The third-order valence-corrected chi connectivity index (χ3v) is 4.66. The van der Waals surface area contributed by atoms with Crippen LogP contribution in [0.5, 0.6) is 0 Å². The fraction of sp³-hybridized carbons (Fsp3) is 0.150. The molecular formula is C20H15ClFN3O2. The predicted octanol–water partition coefficient (Wildman–Crippen LogP) is 4.78.